The molecule has 1 aromatic rings. The smallest absolute Gasteiger partial charge is 0.411 e. The van der Waals surface area contributed by atoms with Gasteiger partial charge in [0.25, 0.3) is 0 Å². The summed E-state index contributed by atoms with van der Waals surface area (Å²) >= 11 is 0. The Hall–Kier alpha value is -2.11. The molecule has 0 aromatic carbocycles. The molecule has 0 aliphatic heterocycles. The van der Waals surface area contributed by atoms with Crippen LogP contribution in [0.25, 0.3) is 0 Å². The number of amides is 1. The Labute approximate surface area is 92.3 Å². The first-order chi connectivity index (χ1) is 7.50. The van der Waals surface area contributed by atoms with Crippen LogP contribution < -0.4 is 5.32 Å². The monoisotopic (exact) mass is 224 g/mol. The van der Waals surface area contributed by atoms with Gasteiger partial charge in [0.1, 0.15) is 0 Å². The van der Waals surface area contributed by atoms with Gasteiger partial charge in [0.2, 0.25) is 0 Å². The van der Waals surface area contributed by atoms with Gasteiger partial charge < -0.3 is 9.84 Å². The van der Waals surface area contributed by atoms with E-state index in [0.29, 0.717) is 0 Å². The van der Waals surface area contributed by atoms with Gasteiger partial charge in [0, 0.05) is 6.20 Å². The minimum atomic E-state index is -1.14. The normalized spacial score (nSPS) is 9.94. The van der Waals surface area contributed by atoms with E-state index in [4.69, 9.17) is 9.84 Å². The fraction of sp³-hybridized carbons (Fsp3) is 0.300. The molecule has 1 amide bonds. The maximum Gasteiger partial charge on any atom is 0.411 e. The predicted molar refractivity (Wildman–Crippen MR) is 56.4 cm³/mol. The molecule has 0 unspecified atom stereocenters. The van der Waals surface area contributed by atoms with E-state index >= 15 is 0 Å². The summed E-state index contributed by atoms with van der Waals surface area (Å²) in [5.74, 6) is -1.14. The molecule has 6 nitrogen and oxygen atoms in total. The number of hydrogen-bond acceptors (Lipinski definition) is 4. The van der Waals surface area contributed by atoms with E-state index in [1.165, 1.54) is 18.5 Å². The quantitative estimate of drug-likeness (QED) is 0.816. The number of aromatic nitrogens is 1. The lowest BCUT2D eigenvalue weighted by molar-refractivity contribution is 0.0698. The van der Waals surface area contributed by atoms with E-state index in [1.54, 1.807) is 13.8 Å². The van der Waals surface area contributed by atoms with Crippen molar-refractivity contribution in [3.63, 3.8) is 0 Å². The molecule has 1 aromatic heterocycles. The molecule has 0 spiro atoms. The van der Waals surface area contributed by atoms with Gasteiger partial charge in [0.05, 0.1) is 23.6 Å². The molecule has 0 saturated carbocycles. The first kappa shape index (κ1) is 12.0. The SMILES string of the molecule is CC(C)OC(=O)Nc1cnccc1C(=O)O. The van der Waals surface area contributed by atoms with Gasteiger partial charge >= 0.3 is 12.1 Å². The van der Waals surface area contributed by atoms with Crippen molar-refractivity contribution in [2.24, 2.45) is 0 Å². The number of carboxylic acids is 1. The number of ether oxygens (including phenoxy) is 1. The first-order valence-electron chi connectivity index (χ1n) is 4.65. The molecule has 0 radical (unpaired) electrons. The molecular weight excluding hydrogens is 212 g/mol. The molecule has 1 heterocycles. The van der Waals surface area contributed by atoms with Crippen molar-refractivity contribution >= 4 is 17.7 Å². The molecule has 2 N–H and O–H groups in total. The lowest BCUT2D eigenvalue weighted by Crippen LogP contribution is -2.19. The molecular formula is C10H12N2O4. The molecule has 0 saturated heterocycles. The summed E-state index contributed by atoms with van der Waals surface area (Å²) in [7, 11) is 0. The number of nitrogens with zero attached hydrogens (tertiary/aromatic N) is 1. The highest BCUT2D eigenvalue weighted by atomic mass is 16.6. The molecule has 1 rings (SSSR count). The van der Waals surface area contributed by atoms with E-state index in [0.717, 1.165) is 0 Å². The van der Waals surface area contributed by atoms with Crippen molar-refractivity contribution in [1.82, 2.24) is 4.98 Å². The Morgan fingerprint density at radius 1 is 1.50 bits per heavy atom. The Bertz CT molecular complexity index is 404. The summed E-state index contributed by atoms with van der Waals surface area (Å²) in [6, 6.07) is 1.30. The topological polar surface area (TPSA) is 88.5 Å². The van der Waals surface area contributed by atoms with E-state index in [2.05, 4.69) is 10.3 Å². The summed E-state index contributed by atoms with van der Waals surface area (Å²) < 4.78 is 4.82. The van der Waals surface area contributed by atoms with E-state index in [1.807, 2.05) is 0 Å². The lowest BCUT2D eigenvalue weighted by Gasteiger charge is -2.10. The maximum atomic E-state index is 11.2. The zero-order valence-corrected chi connectivity index (χ0v) is 8.93. The Morgan fingerprint density at radius 2 is 2.19 bits per heavy atom. The van der Waals surface area contributed by atoms with Gasteiger partial charge in [-0.15, -0.1) is 0 Å². The van der Waals surface area contributed by atoms with Gasteiger partial charge in [-0.05, 0) is 19.9 Å². The Balaban J connectivity index is 2.81. The molecule has 86 valence electrons. The Kier molecular flexibility index (Phi) is 3.82. The predicted octanol–water partition coefficient (Wildman–Crippen LogP) is 1.74. The largest absolute Gasteiger partial charge is 0.478 e. The third kappa shape index (κ3) is 3.23. The minimum Gasteiger partial charge on any atom is -0.478 e. The number of carbonyl (C=O) groups excluding carboxylic acids is 1. The van der Waals surface area contributed by atoms with Crippen LogP contribution in [0.4, 0.5) is 10.5 Å². The van der Waals surface area contributed by atoms with Gasteiger partial charge in [-0.2, -0.15) is 0 Å². The number of aromatic carboxylic acids is 1. The second-order valence-electron chi connectivity index (χ2n) is 3.31. The number of pyridine rings is 1. The van der Waals surface area contributed by atoms with Gasteiger partial charge in [-0.1, -0.05) is 0 Å². The lowest BCUT2D eigenvalue weighted by atomic mass is 10.2. The highest BCUT2D eigenvalue weighted by Gasteiger charge is 2.13. The summed E-state index contributed by atoms with van der Waals surface area (Å²) in [5.41, 5.74) is 0.0800. The average molecular weight is 224 g/mol. The van der Waals surface area contributed by atoms with Crippen molar-refractivity contribution in [3.8, 4) is 0 Å². The summed E-state index contributed by atoms with van der Waals surface area (Å²) in [4.78, 5) is 25.8. The van der Waals surface area contributed by atoms with Crippen LogP contribution in [-0.2, 0) is 4.74 Å². The third-order valence-electron chi connectivity index (χ3n) is 1.63. The summed E-state index contributed by atoms with van der Waals surface area (Å²) in [5, 5.41) is 11.2. The first-order valence-corrected chi connectivity index (χ1v) is 4.65. The van der Waals surface area contributed by atoms with Crippen LogP contribution in [0.15, 0.2) is 18.5 Å². The van der Waals surface area contributed by atoms with E-state index in [9.17, 15) is 9.59 Å². The summed E-state index contributed by atoms with van der Waals surface area (Å²) in [6.45, 7) is 3.39. The zero-order chi connectivity index (χ0) is 12.1. The number of hydrogen-bond donors (Lipinski definition) is 2. The second-order valence-corrected chi connectivity index (χ2v) is 3.31. The highest BCUT2D eigenvalue weighted by Crippen LogP contribution is 2.13. The van der Waals surface area contributed by atoms with Crippen molar-refractivity contribution in [2.45, 2.75) is 20.0 Å². The molecule has 0 aliphatic carbocycles. The van der Waals surface area contributed by atoms with Crippen LogP contribution >= 0.6 is 0 Å². The highest BCUT2D eigenvalue weighted by molar-refractivity contribution is 5.98. The molecule has 16 heavy (non-hydrogen) atoms. The molecule has 0 fully saturated rings. The van der Waals surface area contributed by atoms with Gasteiger partial charge in [-0.25, -0.2) is 9.59 Å². The molecule has 0 aliphatic rings. The van der Waals surface area contributed by atoms with Crippen molar-refractivity contribution < 1.29 is 19.4 Å². The minimum absolute atomic E-state index is 0.0318. The van der Waals surface area contributed by atoms with Crippen LogP contribution in [0.5, 0.6) is 0 Å². The van der Waals surface area contributed by atoms with Crippen LogP contribution in [0, 0.1) is 0 Å². The van der Waals surface area contributed by atoms with Crippen molar-refractivity contribution in [3.05, 3.63) is 24.0 Å². The van der Waals surface area contributed by atoms with Crippen LogP contribution in [-0.4, -0.2) is 28.3 Å². The molecule has 6 heteroatoms. The van der Waals surface area contributed by atoms with Crippen LogP contribution in [0.1, 0.15) is 24.2 Å². The number of nitrogens with one attached hydrogen (secondary N) is 1. The Morgan fingerprint density at radius 3 is 2.75 bits per heavy atom. The van der Waals surface area contributed by atoms with Crippen molar-refractivity contribution in [1.29, 1.82) is 0 Å². The van der Waals surface area contributed by atoms with Crippen LogP contribution in [0.3, 0.4) is 0 Å². The third-order valence-corrected chi connectivity index (χ3v) is 1.63. The zero-order valence-electron chi connectivity index (χ0n) is 8.93. The fourth-order valence-corrected chi connectivity index (χ4v) is 1.03. The van der Waals surface area contributed by atoms with Crippen LogP contribution in [0.2, 0.25) is 0 Å². The average Bonchev–Trinajstić information content (AvgIpc) is 2.16. The summed E-state index contributed by atoms with van der Waals surface area (Å²) in [6.07, 6.45) is 1.61. The number of rotatable bonds is 3. The number of carbonyl (C=O) groups is 2. The van der Waals surface area contributed by atoms with E-state index in [-0.39, 0.29) is 17.4 Å². The molecule has 0 bridgehead atoms. The second kappa shape index (κ2) is 5.11. The standard InChI is InChI=1S/C10H12N2O4/c1-6(2)16-10(15)12-8-5-11-4-3-7(8)9(13)14/h3-6H,1-2H3,(H,12,15)(H,13,14). The number of anilines is 1. The van der Waals surface area contributed by atoms with Crippen molar-refractivity contribution in [2.75, 3.05) is 5.32 Å². The maximum absolute atomic E-state index is 11.2. The van der Waals surface area contributed by atoms with Gasteiger partial charge in [-0.3, -0.25) is 10.3 Å². The van der Waals surface area contributed by atoms with E-state index < -0.39 is 12.1 Å². The number of carboxylic acid groups (broad SMARTS) is 1. The molecule has 0 atom stereocenters. The fourth-order valence-electron chi connectivity index (χ4n) is 1.03. The van der Waals surface area contributed by atoms with Gasteiger partial charge in [0.15, 0.2) is 0 Å².